The Morgan fingerprint density at radius 3 is 2.94 bits per heavy atom. The average molecular weight is 249 g/mol. The second-order valence-corrected chi connectivity index (χ2v) is 4.86. The van der Waals surface area contributed by atoms with Crippen LogP contribution in [0.5, 0.6) is 0 Å². The van der Waals surface area contributed by atoms with E-state index < -0.39 is 5.97 Å². The monoisotopic (exact) mass is 249 g/mol. The summed E-state index contributed by atoms with van der Waals surface area (Å²) in [5, 5.41) is 12.1. The highest BCUT2D eigenvalue weighted by molar-refractivity contribution is 5.88. The minimum atomic E-state index is -0.917. The molecule has 1 aliphatic heterocycles. The molecule has 0 radical (unpaired) electrons. The van der Waals surface area contributed by atoms with Crippen molar-refractivity contribution in [2.75, 3.05) is 32.0 Å². The molecule has 5 heteroatoms. The molecule has 1 saturated heterocycles. The SMILES string of the molecule is CN1CCC(CNc2cc(C(=O)O)ccn2)CC1. The largest absolute Gasteiger partial charge is 0.478 e. The van der Waals surface area contributed by atoms with Crippen LogP contribution in [0.15, 0.2) is 18.3 Å². The number of piperidine rings is 1. The highest BCUT2D eigenvalue weighted by Gasteiger charge is 2.16. The van der Waals surface area contributed by atoms with Crippen LogP contribution in [-0.4, -0.2) is 47.6 Å². The number of likely N-dealkylation sites (tertiary alicyclic amines) is 1. The predicted octanol–water partition coefficient (Wildman–Crippen LogP) is 1.53. The Morgan fingerprint density at radius 1 is 1.56 bits per heavy atom. The van der Waals surface area contributed by atoms with Crippen molar-refractivity contribution in [3.63, 3.8) is 0 Å². The average Bonchev–Trinajstić information content (AvgIpc) is 2.38. The molecule has 18 heavy (non-hydrogen) atoms. The van der Waals surface area contributed by atoms with Gasteiger partial charge < -0.3 is 15.3 Å². The van der Waals surface area contributed by atoms with Gasteiger partial charge in [0.1, 0.15) is 5.82 Å². The summed E-state index contributed by atoms with van der Waals surface area (Å²) in [4.78, 5) is 17.3. The third kappa shape index (κ3) is 3.43. The molecule has 0 amide bonds. The molecule has 5 nitrogen and oxygen atoms in total. The number of aromatic carboxylic acids is 1. The summed E-state index contributed by atoms with van der Waals surface area (Å²) in [5.41, 5.74) is 0.274. The lowest BCUT2D eigenvalue weighted by Crippen LogP contribution is -2.33. The minimum Gasteiger partial charge on any atom is -0.478 e. The normalized spacial score (nSPS) is 17.6. The summed E-state index contributed by atoms with van der Waals surface area (Å²) in [6.07, 6.45) is 3.89. The molecule has 1 aromatic rings. The summed E-state index contributed by atoms with van der Waals surface area (Å²) >= 11 is 0. The fourth-order valence-corrected chi connectivity index (χ4v) is 2.18. The van der Waals surface area contributed by atoms with Gasteiger partial charge >= 0.3 is 5.97 Å². The molecule has 2 N–H and O–H groups in total. The van der Waals surface area contributed by atoms with E-state index >= 15 is 0 Å². The Kier molecular flexibility index (Phi) is 4.15. The molecule has 0 saturated carbocycles. The summed E-state index contributed by atoms with van der Waals surface area (Å²) in [6, 6.07) is 3.08. The molecule has 2 heterocycles. The highest BCUT2D eigenvalue weighted by atomic mass is 16.4. The van der Waals surface area contributed by atoms with Crippen molar-refractivity contribution in [2.24, 2.45) is 5.92 Å². The first kappa shape index (κ1) is 12.8. The first-order valence-corrected chi connectivity index (χ1v) is 6.27. The Bertz CT molecular complexity index is 414. The third-order valence-electron chi connectivity index (χ3n) is 3.42. The van der Waals surface area contributed by atoms with Crippen molar-refractivity contribution in [1.29, 1.82) is 0 Å². The van der Waals surface area contributed by atoms with Crippen molar-refractivity contribution in [3.8, 4) is 0 Å². The Hall–Kier alpha value is -1.62. The van der Waals surface area contributed by atoms with Gasteiger partial charge in [0.05, 0.1) is 5.56 Å². The van der Waals surface area contributed by atoms with Gasteiger partial charge in [-0.15, -0.1) is 0 Å². The quantitative estimate of drug-likeness (QED) is 0.847. The number of carbonyl (C=O) groups is 1. The molecule has 0 aromatic carbocycles. The van der Waals surface area contributed by atoms with Crippen LogP contribution in [-0.2, 0) is 0 Å². The number of anilines is 1. The first-order valence-electron chi connectivity index (χ1n) is 6.27. The van der Waals surface area contributed by atoms with Crippen molar-refractivity contribution in [3.05, 3.63) is 23.9 Å². The number of carboxylic acid groups (broad SMARTS) is 1. The van der Waals surface area contributed by atoms with E-state index in [4.69, 9.17) is 5.11 Å². The van der Waals surface area contributed by atoms with Gasteiger partial charge in [-0.25, -0.2) is 9.78 Å². The molecule has 1 fully saturated rings. The zero-order chi connectivity index (χ0) is 13.0. The van der Waals surface area contributed by atoms with Crippen LogP contribution >= 0.6 is 0 Å². The van der Waals surface area contributed by atoms with Crippen LogP contribution in [0.25, 0.3) is 0 Å². The van der Waals surface area contributed by atoms with Crippen molar-refractivity contribution < 1.29 is 9.90 Å². The molecule has 0 aliphatic carbocycles. The molecule has 1 aromatic heterocycles. The number of pyridine rings is 1. The third-order valence-corrected chi connectivity index (χ3v) is 3.42. The van der Waals surface area contributed by atoms with Gasteiger partial charge in [-0.3, -0.25) is 0 Å². The van der Waals surface area contributed by atoms with E-state index in [1.807, 2.05) is 0 Å². The maximum Gasteiger partial charge on any atom is 0.335 e. The van der Waals surface area contributed by atoms with E-state index in [2.05, 4.69) is 22.2 Å². The van der Waals surface area contributed by atoms with Crippen molar-refractivity contribution in [1.82, 2.24) is 9.88 Å². The second-order valence-electron chi connectivity index (χ2n) is 4.86. The molecular weight excluding hydrogens is 230 g/mol. The van der Waals surface area contributed by atoms with Gasteiger partial charge in [-0.05, 0) is 51.0 Å². The maximum atomic E-state index is 10.8. The smallest absolute Gasteiger partial charge is 0.335 e. The molecule has 0 atom stereocenters. The lowest BCUT2D eigenvalue weighted by atomic mass is 9.97. The van der Waals surface area contributed by atoms with Crippen LogP contribution in [0.1, 0.15) is 23.2 Å². The maximum absolute atomic E-state index is 10.8. The van der Waals surface area contributed by atoms with Crippen LogP contribution in [0, 0.1) is 5.92 Å². The van der Waals surface area contributed by atoms with Crippen LogP contribution < -0.4 is 5.32 Å². The first-order chi connectivity index (χ1) is 8.65. The van der Waals surface area contributed by atoms with Crippen molar-refractivity contribution >= 4 is 11.8 Å². The number of hydrogen-bond donors (Lipinski definition) is 2. The number of rotatable bonds is 4. The Labute approximate surface area is 107 Å². The summed E-state index contributed by atoms with van der Waals surface area (Å²) in [7, 11) is 2.14. The second kappa shape index (κ2) is 5.82. The van der Waals surface area contributed by atoms with E-state index in [0.717, 1.165) is 19.6 Å². The summed E-state index contributed by atoms with van der Waals surface area (Å²) < 4.78 is 0. The topological polar surface area (TPSA) is 65.5 Å². The Balaban J connectivity index is 1.86. The predicted molar refractivity (Wildman–Crippen MR) is 69.9 cm³/mol. The van der Waals surface area contributed by atoms with E-state index in [-0.39, 0.29) is 5.56 Å². The number of aromatic nitrogens is 1. The van der Waals surface area contributed by atoms with E-state index in [1.54, 1.807) is 6.07 Å². The number of nitrogens with one attached hydrogen (secondary N) is 1. The number of carboxylic acids is 1. The molecule has 98 valence electrons. The van der Waals surface area contributed by atoms with E-state index in [9.17, 15) is 4.79 Å². The molecule has 0 spiro atoms. The van der Waals surface area contributed by atoms with Crippen molar-refractivity contribution in [2.45, 2.75) is 12.8 Å². The van der Waals surface area contributed by atoms with Gasteiger partial charge in [0.15, 0.2) is 0 Å². The fourth-order valence-electron chi connectivity index (χ4n) is 2.18. The van der Waals surface area contributed by atoms with Gasteiger partial charge in [-0.1, -0.05) is 0 Å². The van der Waals surface area contributed by atoms with E-state index in [0.29, 0.717) is 11.7 Å². The van der Waals surface area contributed by atoms with E-state index in [1.165, 1.54) is 25.1 Å². The molecule has 0 bridgehead atoms. The Morgan fingerprint density at radius 2 is 2.28 bits per heavy atom. The number of nitrogens with zero attached hydrogens (tertiary/aromatic N) is 2. The number of hydrogen-bond acceptors (Lipinski definition) is 4. The fraction of sp³-hybridized carbons (Fsp3) is 0.538. The van der Waals surface area contributed by atoms with Gasteiger partial charge in [-0.2, -0.15) is 0 Å². The molecule has 1 aliphatic rings. The van der Waals surface area contributed by atoms with Gasteiger partial charge in [0.2, 0.25) is 0 Å². The van der Waals surface area contributed by atoms with Gasteiger partial charge in [0, 0.05) is 12.7 Å². The van der Waals surface area contributed by atoms with Gasteiger partial charge in [0.25, 0.3) is 0 Å². The van der Waals surface area contributed by atoms with Crippen LogP contribution in [0.3, 0.4) is 0 Å². The summed E-state index contributed by atoms with van der Waals surface area (Å²) in [5.74, 6) is 0.380. The highest BCUT2D eigenvalue weighted by Crippen LogP contribution is 2.16. The standard InChI is InChI=1S/C13H19N3O2/c1-16-6-3-10(4-7-16)9-15-12-8-11(13(17)18)2-5-14-12/h2,5,8,10H,3-4,6-7,9H2,1H3,(H,14,15)(H,17,18). The molecule has 2 rings (SSSR count). The zero-order valence-corrected chi connectivity index (χ0v) is 10.6. The lowest BCUT2D eigenvalue weighted by Gasteiger charge is -2.29. The molecular formula is C13H19N3O2. The molecule has 0 unspecified atom stereocenters. The zero-order valence-electron chi connectivity index (χ0n) is 10.6. The summed E-state index contributed by atoms with van der Waals surface area (Å²) in [6.45, 7) is 3.13. The van der Waals surface area contributed by atoms with Crippen LogP contribution in [0.2, 0.25) is 0 Å². The minimum absolute atomic E-state index is 0.274. The van der Waals surface area contributed by atoms with Crippen LogP contribution in [0.4, 0.5) is 5.82 Å². The lowest BCUT2D eigenvalue weighted by molar-refractivity contribution is 0.0697.